The molecular formula is C18H31NO2. The number of rotatable bonds is 11. The summed E-state index contributed by atoms with van der Waals surface area (Å²) in [6, 6.07) is 6.50. The predicted molar refractivity (Wildman–Crippen MR) is 89.4 cm³/mol. The van der Waals surface area contributed by atoms with E-state index >= 15 is 0 Å². The van der Waals surface area contributed by atoms with Gasteiger partial charge in [0.25, 0.3) is 0 Å². The van der Waals surface area contributed by atoms with Gasteiger partial charge in [0.15, 0.2) is 0 Å². The molecule has 3 heteroatoms. The summed E-state index contributed by atoms with van der Waals surface area (Å²) in [5.74, 6) is 1.55. The van der Waals surface area contributed by atoms with Gasteiger partial charge in [0.1, 0.15) is 12.4 Å². The van der Waals surface area contributed by atoms with Gasteiger partial charge >= 0.3 is 0 Å². The van der Waals surface area contributed by atoms with Crippen molar-refractivity contribution in [2.24, 2.45) is 0 Å². The Morgan fingerprint density at radius 1 is 1.10 bits per heavy atom. The van der Waals surface area contributed by atoms with Crippen LogP contribution in [-0.4, -0.2) is 32.9 Å². The molecule has 21 heavy (non-hydrogen) atoms. The maximum Gasteiger partial charge on any atom is 0.122 e. The topological polar surface area (TPSA) is 30.5 Å². The molecule has 0 aliphatic heterocycles. The van der Waals surface area contributed by atoms with Gasteiger partial charge in [0.05, 0.1) is 0 Å². The van der Waals surface area contributed by atoms with Crippen molar-refractivity contribution in [3.05, 3.63) is 29.3 Å². The van der Waals surface area contributed by atoms with Crippen molar-refractivity contribution in [2.45, 2.75) is 46.5 Å². The Hall–Kier alpha value is -1.06. The molecule has 0 saturated carbocycles. The van der Waals surface area contributed by atoms with Crippen molar-refractivity contribution < 1.29 is 9.47 Å². The van der Waals surface area contributed by atoms with Crippen molar-refractivity contribution in [3.63, 3.8) is 0 Å². The Bertz CT molecular complexity index is 391. The van der Waals surface area contributed by atoms with E-state index in [0.29, 0.717) is 12.5 Å². The smallest absolute Gasteiger partial charge is 0.122 e. The number of unbranched alkanes of at least 4 members (excludes halogenated alkanes) is 1. The van der Waals surface area contributed by atoms with Crippen LogP contribution in [0.2, 0.25) is 0 Å². The van der Waals surface area contributed by atoms with E-state index in [-0.39, 0.29) is 0 Å². The lowest BCUT2D eigenvalue weighted by molar-refractivity contribution is 0.143. The summed E-state index contributed by atoms with van der Waals surface area (Å²) in [6.07, 6.45) is 2.28. The zero-order valence-electron chi connectivity index (χ0n) is 14.1. The van der Waals surface area contributed by atoms with E-state index in [1.54, 1.807) is 0 Å². The normalized spacial score (nSPS) is 11.1. The summed E-state index contributed by atoms with van der Waals surface area (Å²) >= 11 is 0. The average molecular weight is 293 g/mol. The molecular weight excluding hydrogens is 262 g/mol. The first-order chi connectivity index (χ1) is 10.1. The SMILES string of the molecule is CCOCCCCNCCOc1cc(C(C)C)ccc1C. The van der Waals surface area contributed by atoms with Crippen LogP contribution in [0, 0.1) is 6.92 Å². The van der Waals surface area contributed by atoms with Crippen LogP contribution in [0.25, 0.3) is 0 Å². The molecule has 0 aromatic heterocycles. The zero-order chi connectivity index (χ0) is 15.5. The summed E-state index contributed by atoms with van der Waals surface area (Å²) in [5.41, 5.74) is 2.54. The molecule has 1 aromatic carbocycles. The highest BCUT2D eigenvalue weighted by Crippen LogP contribution is 2.24. The molecule has 0 aliphatic rings. The Balaban J connectivity index is 2.16. The largest absolute Gasteiger partial charge is 0.492 e. The average Bonchev–Trinajstić information content (AvgIpc) is 2.47. The minimum atomic E-state index is 0.538. The van der Waals surface area contributed by atoms with Crippen LogP contribution in [0.1, 0.15) is 50.7 Å². The predicted octanol–water partition coefficient (Wildman–Crippen LogP) is 3.90. The molecule has 0 fully saturated rings. The van der Waals surface area contributed by atoms with E-state index in [4.69, 9.17) is 9.47 Å². The molecule has 0 saturated heterocycles. The van der Waals surface area contributed by atoms with Crippen LogP contribution in [-0.2, 0) is 4.74 Å². The number of hydrogen-bond acceptors (Lipinski definition) is 3. The van der Waals surface area contributed by atoms with Crippen molar-refractivity contribution in [1.82, 2.24) is 5.32 Å². The fourth-order valence-corrected chi connectivity index (χ4v) is 2.09. The molecule has 0 heterocycles. The Labute approximate surface area is 130 Å². The van der Waals surface area contributed by atoms with Gasteiger partial charge in [0.2, 0.25) is 0 Å². The maximum atomic E-state index is 5.89. The number of ether oxygens (including phenoxy) is 2. The summed E-state index contributed by atoms with van der Waals surface area (Å²) in [6.45, 7) is 12.9. The number of nitrogens with one attached hydrogen (secondary N) is 1. The second-order valence-electron chi connectivity index (χ2n) is 5.68. The van der Waals surface area contributed by atoms with E-state index in [9.17, 15) is 0 Å². The Kier molecular flexibility index (Phi) is 9.11. The molecule has 1 N–H and O–H groups in total. The van der Waals surface area contributed by atoms with Gasteiger partial charge in [-0.25, -0.2) is 0 Å². The lowest BCUT2D eigenvalue weighted by Crippen LogP contribution is -2.22. The van der Waals surface area contributed by atoms with Crippen LogP contribution in [0.4, 0.5) is 0 Å². The molecule has 0 bridgehead atoms. The standard InChI is InChI=1S/C18H31NO2/c1-5-20-12-7-6-10-19-11-13-21-18-14-17(15(2)3)9-8-16(18)4/h8-9,14-15,19H,5-7,10-13H2,1-4H3. The van der Waals surface area contributed by atoms with Gasteiger partial charge in [0, 0.05) is 19.8 Å². The van der Waals surface area contributed by atoms with E-state index in [2.05, 4.69) is 44.3 Å². The van der Waals surface area contributed by atoms with Gasteiger partial charge in [-0.15, -0.1) is 0 Å². The monoisotopic (exact) mass is 293 g/mol. The maximum absolute atomic E-state index is 5.89. The van der Waals surface area contributed by atoms with E-state index in [1.807, 2.05) is 6.92 Å². The van der Waals surface area contributed by atoms with Crippen LogP contribution in [0.3, 0.4) is 0 Å². The first-order valence-corrected chi connectivity index (χ1v) is 8.17. The van der Waals surface area contributed by atoms with Gasteiger partial charge in [-0.1, -0.05) is 26.0 Å². The third kappa shape index (κ3) is 7.49. The zero-order valence-corrected chi connectivity index (χ0v) is 14.1. The van der Waals surface area contributed by atoms with Crippen molar-refractivity contribution in [2.75, 3.05) is 32.9 Å². The fraction of sp³-hybridized carbons (Fsp3) is 0.667. The van der Waals surface area contributed by atoms with E-state index in [0.717, 1.165) is 44.9 Å². The van der Waals surface area contributed by atoms with Crippen LogP contribution < -0.4 is 10.1 Å². The van der Waals surface area contributed by atoms with Gasteiger partial charge in [-0.3, -0.25) is 0 Å². The minimum absolute atomic E-state index is 0.538. The third-order valence-corrected chi connectivity index (χ3v) is 3.51. The summed E-state index contributed by atoms with van der Waals surface area (Å²) in [4.78, 5) is 0. The van der Waals surface area contributed by atoms with Crippen molar-refractivity contribution >= 4 is 0 Å². The van der Waals surface area contributed by atoms with Crippen LogP contribution in [0.5, 0.6) is 5.75 Å². The van der Waals surface area contributed by atoms with Crippen molar-refractivity contribution in [1.29, 1.82) is 0 Å². The molecule has 1 rings (SSSR count). The molecule has 0 spiro atoms. The van der Waals surface area contributed by atoms with Crippen LogP contribution >= 0.6 is 0 Å². The fourth-order valence-electron chi connectivity index (χ4n) is 2.09. The highest BCUT2D eigenvalue weighted by molar-refractivity contribution is 5.37. The molecule has 0 unspecified atom stereocenters. The Morgan fingerprint density at radius 3 is 2.62 bits per heavy atom. The quantitative estimate of drug-likeness (QED) is 0.628. The number of hydrogen-bond donors (Lipinski definition) is 1. The van der Waals surface area contributed by atoms with Crippen LogP contribution in [0.15, 0.2) is 18.2 Å². The molecule has 1 aromatic rings. The molecule has 0 radical (unpaired) electrons. The summed E-state index contributed by atoms with van der Waals surface area (Å²) in [7, 11) is 0. The first-order valence-electron chi connectivity index (χ1n) is 8.17. The second-order valence-corrected chi connectivity index (χ2v) is 5.68. The van der Waals surface area contributed by atoms with E-state index < -0.39 is 0 Å². The Morgan fingerprint density at radius 2 is 1.90 bits per heavy atom. The minimum Gasteiger partial charge on any atom is -0.492 e. The molecule has 0 aliphatic carbocycles. The lowest BCUT2D eigenvalue weighted by Gasteiger charge is -2.13. The van der Waals surface area contributed by atoms with E-state index in [1.165, 1.54) is 11.1 Å². The third-order valence-electron chi connectivity index (χ3n) is 3.51. The number of aryl methyl sites for hydroxylation is 1. The molecule has 120 valence electrons. The molecule has 3 nitrogen and oxygen atoms in total. The van der Waals surface area contributed by atoms with Crippen molar-refractivity contribution in [3.8, 4) is 5.75 Å². The molecule has 0 amide bonds. The molecule has 0 atom stereocenters. The van der Waals surface area contributed by atoms with Gasteiger partial charge in [-0.05, 0) is 56.3 Å². The van der Waals surface area contributed by atoms with Gasteiger partial charge < -0.3 is 14.8 Å². The summed E-state index contributed by atoms with van der Waals surface area (Å²) < 4.78 is 11.2. The second kappa shape index (κ2) is 10.6. The highest BCUT2D eigenvalue weighted by Gasteiger charge is 2.04. The first kappa shape index (κ1) is 18.0. The summed E-state index contributed by atoms with van der Waals surface area (Å²) in [5, 5.41) is 3.41. The highest BCUT2D eigenvalue weighted by atomic mass is 16.5. The van der Waals surface area contributed by atoms with Gasteiger partial charge in [-0.2, -0.15) is 0 Å². The lowest BCUT2D eigenvalue weighted by atomic mass is 10.0. The number of benzene rings is 1.